The predicted octanol–water partition coefficient (Wildman–Crippen LogP) is -0.867. The first-order valence-electron chi connectivity index (χ1n) is 3.34. The molecule has 0 saturated carbocycles. The topological polar surface area (TPSA) is 75.4 Å². The first-order valence-corrected chi connectivity index (χ1v) is 3.34. The Morgan fingerprint density at radius 2 is 2.09 bits per heavy atom. The third-order valence-corrected chi connectivity index (χ3v) is 1.22. The highest BCUT2D eigenvalue weighted by Crippen LogP contribution is 1.78. The number of hydrogen-bond donors (Lipinski definition) is 2. The molecule has 0 spiro atoms. The molecule has 0 atom stereocenters. The van der Waals surface area contributed by atoms with Crippen molar-refractivity contribution in [2.45, 2.75) is 6.92 Å². The van der Waals surface area contributed by atoms with Gasteiger partial charge < -0.3 is 5.73 Å². The van der Waals surface area contributed by atoms with E-state index in [4.69, 9.17) is 5.73 Å². The molecule has 0 unspecified atom stereocenters. The van der Waals surface area contributed by atoms with Gasteiger partial charge in [0.1, 0.15) is 0 Å². The van der Waals surface area contributed by atoms with Gasteiger partial charge in [0.2, 0.25) is 5.91 Å². The molecule has 64 valence electrons. The summed E-state index contributed by atoms with van der Waals surface area (Å²) in [6.07, 6.45) is 0. The molecule has 0 aromatic carbocycles. The van der Waals surface area contributed by atoms with E-state index in [9.17, 15) is 9.59 Å². The van der Waals surface area contributed by atoms with Gasteiger partial charge in [-0.2, -0.15) is 0 Å². The molecule has 5 nitrogen and oxygen atoms in total. The summed E-state index contributed by atoms with van der Waals surface area (Å²) in [5.41, 5.74) is 4.72. The van der Waals surface area contributed by atoms with E-state index < -0.39 is 6.03 Å². The molecule has 0 saturated heterocycles. The number of primary amides is 1. The maximum atomic E-state index is 10.8. The Morgan fingerprint density at radius 3 is 2.45 bits per heavy atom. The van der Waals surface area contributed by atoms with Gasteiger partial charge in [-0.15, -0.1) is 0 Å². The van der Waals surface area contributed by atoms with Gasteiger partial charge in [0, 0.05) is 0 Å². The number of nitrogens with one attached hydrogen (secondary N) is 1. The first kappa shape index (κ1) is 9.90. The first-order chi connectivity index (χ1) is 5.06. The van der Waals surface area contributed by atoms with Crippen LogP contribution >= 0.6 is 0 Å². The molecule has 3 N–H and O–H groups in total. The molecule has 0 fully saturated rings. The molecule has 11 heavy (non-hydrogen) atoms. The molecule has 0 aliphatic carbocycles. The fraction of sp³-hybridized carbons (Fsp3) is 0.667. The van der Waals surface area contributed by atoms with Crippen LogP contribution in [0, 0.1) is 0 Å². The molecular weight excluding hydrogens is 146 g/mol. The maximum absolute atomic E-state index is 10.8. The number of carbonyl (C=O) groups is 2. The molecule has 0 aliphatic heterocycles. The van der Waals surface area contributed by atoms with Crippen molar-refractivity contribution in [3.8, 4) is 0 Å². The number of amides is 3. The average molecular weight is 159 g/mol. The van der Waals surface area contributed by atoms with Crippen molar-refractivity contribution in [1.29, 1.82) is 0 Å². The Kier molecular flexibility index (Phi) is 4.21. The van der Waals surface area contributed by atoms with Crippen molar-refractivity contribution in [1.82, 2.24) is 10.2 Å². The average Bonchev–Trinajstić information content (AvgIpc) is 1.85. The Hall–Kier alpha value is -1.10. The second-order valence-corrected chi connectivity index (χ2v) is 2.24. The summed E-state index contributed by atoms with van der Waals surface area (Å²) in [5.74, 6) is -0.373. The van der Waals surface area contributed by atoms with Gasteiger partial charge in [-0.25, -0.2) is 4.79 Å². The Bertz CT molecular complexity index is 158. The summed E-state index contributed by atoms with van der Waals surface area (Å²) in [6, 6.07) is -0.806. The van der Waals surface area contributed by atoms with Crippen molar-refractivity contribution in [3.63, 3.8) is 0 Å². The van der Waals surface area contributed by atoms with E-state index in [-0.39, 0.29) is 12.5 Å². The number of rotatable bonds is 3. The third-order valence-electron chi connectivity index (χ3n) is 1.22. The zero-order valence-electron chi connectivity index (χ0n) is 6.76. The molecule has 5 heteroatoms. The monoisotopic (exact) mass is 159 g/mol. The summed E-state index contributed by atoms with van der Waals surface area (Å²) >= 11 is 0. The molecular formula is C6H13N3O2. The normalized spacial score (nSPS) is 9.73. The van der Waals surface area contributed by atoms with Crippen LogP contribution in [0.1, 0.15) is 6.92 Å². The maximum Gasteiger partial charge on any atom is 0.318 e. The molecule has 3 amide bonds. The van der Waals surface area contributed by atoms with Crippen LogP contribution in [0.25, 0.3) is 0 Å². The van der Waals surface area contributed by atoms with Gasteiger partial charge in [-0.1, -0.05) is 6.92 Å². The molecule has 0 aromatic heterocycles. The number of imide groups is 1. The summed E-state index contributed by atoms with van der Waals surface area (Å²) in [4.78, 5) is 22.7. The highest BCUT2D eigenvalue weighted by molar-refractivity contribution is 5.94. The highest BCUT2D eigenvalue weighted by Gasteiger charge is 2.05. The van der Waals surface area contributed by atoms with E-state index in [1.165, 1.54) is 0 Å². The fourth-order valence-electron chi connectivity index (χ4n) is 0.534. The minimum Gasteiger partial charge on any atom is -0.351 e. The third kappa shape index (κ3) is 5.35. The lowest BCUT2D eigenvalue weighted by molar-refractivity contribution is -0.120. The van der Waals surface area contributed by atoms with Crippen molar-refractivity contribution in [2.24, 2.45) is 5.73 Å². The van der Waals surface area contributed by atoms with Gasteiger partial charge in [0.15, 0.2) is 0 Å². The molecule has 0 radical (unpaired) electrons. The zero-order chi connectivity index (χ0) is 8.85. The van der Waals surface area contributed by atoms with Gasteiger partial charge in [0.05, 0.1) is 6.54 Å². The Labute approximate surface area is 65.5 Å². The number of nitrogens with zero attached hydrogens (tertiary/aromatic N) is 1. The summed E-state index contributed by atoms with van der Waals surface area (Å²) < 4.78 is 0. The molecule has 0 aromatic rings. The number of carbonyl (C=O) groups excluding carboxylic acids is 2. The second-order valence-electron chi connectivity index (χ2n) is 2.24. The molecule has 0 bridgehead atoms. The van der Waals surface area contributed by atoms with Gasteiger partial charge >= 0.3 is 6.03 Å². The smallest absolute Gasteiger partial charge is 0.318 e. The summed E-state index contributed by atoms with van der Waals surface area (Å²) in [5, 5.41) is 1.97. The van der Waals surface area contributed by atoms with E-state index in [1.807, 2.05) is 12.2 Å². The second kappa shape index (κ2) is 4.68. The molecule has 0 aliphatic rings. The molecule has 0 heterocycles. The lowest BCUT2D eigenvalue weighted by Gasteiger charge is -2.11. The van der Waals surface area contributed by atoms with E-state index in [0.717, 1.165) is 6.54 Å². The van der Waals surface area contributed by atoms with Crippen LogP contribution in [-0.2, 0) is 4.79 Å². The minimum absolute atomic E-state index is 0.194. The van der Waals surface area contributed by atoms with E-state index in [0.29, 0.717) is 0 Å². The van der Waals surface area contributed by atoms with E-state index in [1.54, 1.807) is 11.9 Å². The van der Waals surface area contributed by atoms with Crippen LogP contribution < -0.4 is 11.1 Å². The van der Waals surface area contributed by atoms with E-state index >= 15 is 0 Å². The van der Waals surface area contributed by atoms with Gasteiger partial charge in [0.25, 0.3) is 0 Å². The Morgan fingerprint density at radius 1 is 1.55 bits per heavy atom. The number of likely N-dealkylation sites (N-methyl/N-ethyl adjacent to an activating group) is 1. The standard InChI is InChI=1S/C6H13N3O2/c1-3-9(2)4-5(10)8-6(7)11/h3-4H2,1-2H3,(H3,7,8,10,11). The van der Waals surface area contributed by atoms with Gasteiger partial charge in [-0.3, -0.25) is 15.0 Å². The minimum atomic E-state index is -0.806. The quantitative estimate of drug-likeness (QED) is 0.562. The lowest BCUT2D eigenvalue weighted by Crippen LogP contribution is -2.41. The summed E-state index contributed by atoms with van der Waals surface area (Å²) in [7, 11) is 1.78. The van der Waals surface area contributed by atoms with Crippen molar-refractivity contribution in [3.05, 3.63) is 0 Å². The largest absolute Gasteiger partial charge is 0.351 e. The van der Waals surface area contributed by atoms with Crippen molar-refractivity contribution in [2.75, 3.05) is 20.1 Å². The SMILES string of the molecule is CCN(C)CC(=O)NC(N)=O. The van der Waals surface area contributed by atoms with Crippen molar-refractivity contribution < 1.29 is 9.59 Å². The van der Waals surface area contributed by atoms with Crippen LogP contribution in [-0.4, -0.2) is 37.0 Å². The fourth-order valence-corrected chi connectivity index (χ4v) is 0.534. The van der Waals surface area contributed by atoms with Crippen LogP contribution in [0.3, 0.4) is 0 Å². The summed E-state index contributed by atoms with van der Waals surface area (Å²) in [6.45, 7) is 2.86. The number of nitrogens with two attached hydrogens (primary N) is 1. The zero-order valence-corrected chi connectivity index (χ0v) is 6.76. The van der Waals surface area contributed by atoms with Crippen LogP contribution in [0.4, 0.5) is 4.79 Å². The highest BCUT2D eigenvalue weighted by atomic mass is 16.2. The van der Waals surface area contributed by atoms with Crippen molar-refractivity contribution >= 4 is 11.9 Å². The number of urea groups is 1. The van der Waals surface area contributed by atoms with Crippen LogP contribution in [0.2, 0.25) is 0 Å². The predicted molar refractivity (Wildman–Crippen MR) is 40.9 cm³/mol. The van der Waals surface area contributed by atoms with Crippen LogP contribution in [0.15, 0.2) is 0 Å². The van der Waals surface area contributed by atoms with Gasteiger partial charge in [-0.05, 0) is 13.6 Å². The molecule has 0 rings (SSSR count). The Balaban J connectivity index is 3.60. The van der Waals surface area contributed by atoms with E-state index in [2.05, 4.69) is 0 Å². The number of hydrogen-bond acceptors (Lipinski definition) is 3. The van der Waals surface area contributed by atoms with Crippen LogP contribution in [0.5, 0.6) is 0 Å². The lowest BCUT2D eigenvalue weighted by atomic mass is 10.5.